The Hall–Kier alpha value is -2.14. The molecule has 110 valence electrons. The molecule has 1 amide bonds. The Morgan fingerprint density at radius 2 is 1.90 bits per heavy atom. The topological polar surface area (TPSA) is 66.9 Å². The van der Waals surface area contributed by atoms with Crippen molar-refractivity contribution in [2.75, 3.05) is 18.4 Å². The van der Waals surface area contributed by atoms with Crippen LogP contribution < -0.4 is 10.6 Å². The molecule has 0 saturated heterocycles. The van der Waals surface area contributed by atoms with Gasteiger partial charge in [0.25, 0.3) is 5.91 Å². The van der Waals surface area contributed by atoms with E-state index in [0.29, 0.717) is 23.1 Å². The van der Waals surface area contributed by atoms with Gasteiger partial charge in [-0.1, -0.05) is 23.7 Å². The van der Waals surface area contributed by atoms with Gasteiger partial charge in [-0.15, -0.1) is 10.2 Å². The van der Waals surface area contributed by atoms with Crippen molar-refractivity contribution < 1.29 is 4.79 Å². The number of nitrogens with one attached hydrogen (secondary N) is 2. The van der Waals surface area contributed by atoms with Gasteiger partial charge in [0.2, 0.25) is 0 Å². The van der Waals surface area contributed by atoms with Gasteiger partial charge in [-0.3, -0.25) is 4.79 Å². The standard InChI is InChI=1S/C15H17ClN4O/c1-2-17-14-8-7-13(19-20-14)15(21)18-10-9-11-3-5-12(16)6-4-11/h3-8H,2,9-10H2,1H3,(H,17,20)(H,18,21). The highest BCUT2D eigenvalue weighted by Gasteiger charge is 2.07. The van der Waals surface area contributed by atoms with Gasteiger partial charge in [-0.05, 0) is 43.2 Å². The van der Waals surface area contributed by atoms with Gasteiger partial charge >= 0.3 is 0 Å². The van der Waals surface area contributed by atoms with Crippen LogP contribution in [0.3, 0.4) is 0 Å². The Bertz CT molecular complexity index is 584. The van der Waals surface area contributed by atoms with Crippen LogP contribution in [-0.4, -0.2) is 29.2 Å². The summed E-state index contributed by atoms with van der Waals surface area (Å²) >= 11 is 5.82. The normalized spacial score (nSPS) is 10.2. The molecule has 1 aromatic carbocycles. The predicted octanol–water partition coefficient (Wildman–Crippen LogP) is 2.53. The van der Waals surface area contributed by atoms with Crippen molar-refractivity contribution in [1.82, 2.24) is 15.5 Å². The van der Waals surface area contributed by atoms with Gasteiger partial charge in [-0.2, -0.15) is 0 Å². The fraction of sp³-hybridized carbons (Fsp3) is 0.267. The summed E-state index contributed by atoms with van der Waals surface area (Å²) in [6.07, 6.45) is 0.742. The van der Waals surface area contributed by atoms with E-state index < -0.39 is 0 Å². The minimum absolute atomic E-state index is 0.223. The Morgan fingerprint density at radius 1 is 1.14 bits per heavy atom. The first-order valence-corrected chi connectivity index (χ1v) is 7.17. The Labute approximate surface area is 128 Å². The number of hydrogen-bond acceptors (Lipinski definition) is 4. The van der Waals surface area contributed by atoms with Crippen molar-refractivity contribution in [3.63, 3.8) is 0 Å². The summed E-state index contributed by atoms with van der Waals surface area (Å²) in [5.41, 5.74) is 1.43. The Balaban J connectivity index is 1.82. The van der Waals surface area contributed by atoms with Crippen LogP contribution in [0.15, 0.2) is 36.4 Å². The van der Waals surface area contributed by atoms with Crippen LogP contribution in [0.25, 0.3) is 0 Å². The molecule has 1 heterocycles. The van der Waals surface area contributed by atoms with E-state index in [1.54, 1.807) is 12.1 Å². The number of halogens is 1. The van der Waals surface area contributed by atoms with Crippen molar-refractivity contribution in [3.8, 4) is 0 Å². The fourth-order valence-corrected chi connectivity index (χ4v) is 1.92. The van der Waals surface area contributed by atoms with Crippen LogP contribution in [-0.2, 0) is 6.42 Å². The number of aromatic nitrogens is 2. The average Bonchev–Trinajstić information content (AvgIpc) is 2.50. The summed E-state index contributed by atoms with van der Waals surface area (Å²) in [5, 5.41) is 14.4. The highest BCUT2D eigenvalue weighted by Crippen LogP contribution is 2.09. The molecule has 6 heteroatoms. The van der Waals surface area contributed by atoms with Crippen LogP contribution in [0.4, 0.5) is 5.82 Å². The number of benzene rings is 1. The lowest BCUT2D eigenvalue weighted by molar-refractivity contribution is 0.0948. The predicted molar refractivity (Wildman–Crippen MR) is 83.7 cm³/mol. The molecule has 0 unspecified atom stereocenters. The quantitative estimate of drug-likeness (QED) is 0.860. The number of nitrogens with zero attached hydrogens (tertiary/aromatic N) is 2. The fourth-order valence-electron chi connectivity index (χ4n) is 1.79. The lowest BCUT2D eigenvalue weighted by atomic mass is 10.1. The molecule has 2 N–H and O–H groups in total. The molecule has 2 aromatic rings. The third kappa shape index (κ3) is 4.72. The first-order valence-electron chi connectivity index (χ1n) is 6.79. The summed E-state index contributed by atoms with van der Waals surface area (Å²) in [6.45, 7) is 3.28. The summed E-state index contributed by atoms with van der Waals surface area (Å²) in [5.74, 6) is 0.440. The van der Waals surface area contributed by atoms with E-state index in [9.17, 15) is 4.79 Å². The summed E-state index contributed by atoms with van der Waals surface area (Å²) in [7, 11) is 0. The number of carbonyl (C=O) groups is 1. The van der Waals surface area contributed by atoms with Crippen molar-refractivity contribution in [2.24, 2.45) is 0 Å². The van der Waals surface area contributed by atoms with Crippen LogP contribution in [0.2, 0.25) is 5.02 Å². The van der Waals surface area contributed by atoms with E-state index in [-0.39, 0.29) is 5.91 Å². The van der Waals surface area contributed by atoms with Crippen molar-refractivity contribution in [2.45, 2.75) is 13.3 Å². The molecular weight excluding hydrogens is 288 g/mol. The lowest BCUT2D eigenvalue weighted by Gasteiger charge is -2.05. The number of anilines is 1. The van der Waals surface area contributed by atoms with Gasteiger partial charge in [-0.25, -0.2) is 0 Å². The molecule has 2 rings (SSSR count). The first kappa shape index (κ1) is 15.3. The van der Waals surface area contributed by atoms with Crippen molar-refractivity contribution in [3.05, 3.63) is 52.7 Å². The highest BCUT2D eigenvalue weighted by atomic mass is 35.5. The minimum Gasteiger partial charge on any atom is -0.369 e. The Morgan fingerprint density at radius 3 is 2.52 bits per heavy atom. The second kappa shape index (κ2) is 7.59. The van der Waals surface area contributed by atoms with Crippen molar-refractivity contribution >= 4 is 23.3 Å². The molecule has 0 saturated carbocycles. The lowest BCUT2D eigenvalue weighted by Crippen LogP contribution is -2.26. The number of carbonyl (C=O) groups excluding carboxylic acids is 1. The molecule has 0 bridgehead atoms. The van der Waals surface area contributed by atoms with E-state index in [1.807, 2.05) is 31.2 Å². The number of hydrogen-bond donors (Lipinski definition) is 2. The van der Waals surface area contributed by atoms with Crippen molar-refractivity contribution in [1.29, 1.82) is 0 Å². The molecule has 0 atom stereocenters. The molecule has 0 radical (unpaired) electrons. The molecule has 0 aliphatic rings. The average molecular weight is 305 g/mol. The minimum atomic E-state index is -0.223. The molecular formula is C15H17ClN4O. The molecule has 0 aliphatic heterocycles. The summed E-state index contributed by atoms with van der Waals surface area (Å²) < 4.78 is 0. The summed E-state index contributed by atoms with van der Waals surface area (Å²) in [6, 6.07) is 11.0. The van der Waals surface area contributed by atoms with Crippen LogP contribution in [0.5, 0.6) is 0 Å². The second-order valence-electron chi connectivity index (χ2n) is 4.47. The molecule has 21 heavy (non-hydrogen) atoms. The first-order chi connectivity index (χ1) is 10.2. The van der Waals surface area contributed by atoms with E-state index in [2.05, 4.69) is 20.8 Å². The number of rotatable bonds is 6. The Kier molecular flexibility index (Phi) is 5.51. The molecule has 0 aliphatic carbocycles. The molecule has 5 nitrogen and oxygen atoms in total. The summed E-state index contributed by atoms with van der Waals surface area (Å²) in [4.78, 5) is 11.9. The van der Waals surface area contributed by atoms with Gasteiger partial charge in [0, 0.05) is 18.1 Å². The monoisotopic (exact) mass is 304 g/mol. The maximum Gasteiger partial charge on any atom is 0.271 e. The maximum absolute atomic E-state index is 11.9. The highest BCUT2D eigenvalue weighted by molar-refractivity contribution is 6.30. The van der Waals surface area contributed by atoms with E-state index in [4.69, 9.17) is 11.6 Å². The van der Waals surface area contributed by atoms with E-state index in [1.165, 1.54) is 0 Å². The number of amides is 1. The third-order valence-corrected chi connectivity index (χ3v) is 3.12. The smallest absolute Gasteiger partial charge is 0.271 e. The van der Waals surface area contributed by atoms with Crippen LogP contribution in [0.1, 0.15) is 23.0 Å². The largest absolute Gasteiger partial charge is 0.369 e. The van der Waals surface area contributed by atoms with Crippen LogP contribution in [0, 0.1) is 0 Å². The van der Waals surface area contributed by atoms with Gasteiger partial charge in [0.15, 0.2) is 5.69 Å². The maximum atomic E-state index is 11.9. The van der Waals surface area contributed by atoms with Crippen LogP contribution >= 0.6 is 11.6 Å². The van der Waals surface area contributed by atoms with Gasteiger partial charge in [0.1, 0.15) is 5.82 Å². The SMILES string of the molecule is CCNc1ccc(C(=O)NCCc2ccc(Cl)cc2)nn1. The van der Waals surface area contributed by atoms with Gasteiger partial charge < -0.3 is 10.6 Å². The zero-order valence-electron chi connectivity index (χ0n) is 11.8. The van der Waals surface area contributed by atoms with E-state index >= 15 is 0 Å². The molecule has 0 spiro atoms. The van der Waals surface area contributed by atoms with Gasteiger partial charge in [0.05, 0.1) is 0 Å². The molecule has 0 fully saturated rings. The third-order valence-electron chi connectivity index (χ3n) is 2.87. The van der Waals surface area contributed by atoms with E-state index in [0.717, 1.165) is 18.5 Å². The zero-order chi connectivity index (χ0) is 15.1. The second-order valence-corrected chi connectivity index (χ2v) is 4.90. The zero-order valence-corrected chi connectivity index (χ0v) is 12.5. The molecule has 1 aromatic heterocycles.